The van der Waals surface area contributed by atoms with Crippen LogP contribution in [0.1, 0.15) is 64.7 Å². The molecule has 3 nitrogen and oxygen atoms in total. The number of esters is 1. The third-order valence-corrected chi connectivity index (χ3v) is 3.64. The summed E-state index contributed by atoms with van der Waals surface area (Å²) in [6, 6.07) is 0. The van der Waals surface area contributed by atoms with Crippen molar-refractivity contribution in [1.29, 1.82) is 0 Å². The number of nitrogens with one attached hydrogen (secondary N) is 1. The van der Waals surface area contributed by atoms with Crippen LogP contribution >= 0.6 is 0 Å². The van der Waals surface area contributed by atoms with Gasteiger partial charge >= 0.3 is 5.97 Å². The largest absolute Gasteiger partial charge is 0.465 e. The van der Waals surface area contributed by atoms with Crippen molar-refractivity contribution in [2.24, 2.45) is 5.92 Å². The van der Waals surface area contributed by atoms with E-state index in [4.69, 9.17) is 4.74 Å². The van der Waals surface area contributed by atoms with Crippen molar-refractivity contribution in [3.63, 3.8) is 0 Å². The predicted molar refractivity (Wildman–Crippen MR) is 74.5 cm³/mol. The van der Waals surface area contributed by atoms with Gasteiger partial charge in [-0.2, -0.15) is 0 Å². The minimum atomic E-state index is 0.00273. The first-order valence-electron chi connectivity index (χ1n) is 7.72. The number of unbranched alkanes of at least 4 members (excludes halogenated alkanes) is 7. The van der Waals surface area contributed by atoms with E-state index in [1.807, 2.05) is 0 Å². The summed E-state index contributed by atoms with van der Waals surface area (Å²) >= 11 is 0. The second-order valence-electron chi connectivity index (χ2n) is 5.33. The average Bonchev–Trinajstić information content (AvgIpc) is 2.90. The summed E-state index contributed by atoms with van der Waals surface area (Å²) in [7, 11) is 0. The highest BCUT2D eigenvalue weighted by molar-refractivity contribution is 5.73. The van der Waals surface area contributed by atoms with Crippen molar-refractivity contribution in [3.05, 3.63) is 0 Å². The Kier molecular flexibility index (Phi) is 8.92. The highest BCUT2D eigenvalue weighted by atomic mass is 16.5. The van der Waals surface area contributed by atoms with Gasteiger partial charge in [-0.15, -0.1) is 0 Å². The van der Waals surface area contributed by atoms with Crippen LogP contribution in [0.5, 0.6) is 0 Å². The molecule has 1 atom stereocenters. The van der Waals surface area contributed by atoms with Crippen molar-refractivity contribution in [2.45, 2.75) is 64.7 Å². The van der Waals surface area contributed by atoms with E-state index in [9.17, 15) is 4.79 Å². The molecule has 0 aromatic rings. The van der Waals surface area contributed by atoms with Crippen LogP contribution in [0.3, 0.4) is 0 Å². The van der Waals surface area contributed by atoms with E-state index in [2.05, 4.69) is 12.2 Å². The van der Waals surface area contributed by atoms with Crippen molar-refractivity contribution in [3.8, 4) is 0 Å². The number of carbonyl (C=O) groups is 1. The van der Waals surface area contributed by atoms with Gasteiger partial charge in [0.1, 0.15) is 0 Å². The number of hydrogen-bond donors (Lipinski definition) is 1. The topological polar surface area (TPSA) is 38.3 Å². The Morgan fingerprint density at radius 2 is 1.78 bits per heavy atom. The third-order valence-electron chi connectivity index (χ3n) is 3.64. The lowest BCUT2D eigenvalue weighted by Crippen LogP contribution is -2.20. The zero-order valence-electron chi connectivity index (χ0n) is 11.9. The maximum Gasteiger partial charge on any atom is 0.310 e. The normalized spacial score (nSPS) is 19.1. The molecule has 3 heteroatoms. The monoisotopic (exact) mass is 255 g/mol. The molecule has 1 saturated heterocycles. The Bertz CT molecular complexity index is 213. The van der Waals surface area contributed by atoms with Gasteiger partial charge in [0.15, 0.2) is 0 Å². The summed E-state index contributed by atoms with van der Waals surface area (Å²) in [4.78, 5) is 11.6. The summed E-state index contributed by atoms with van der Waals surface area (Å²) < 4.78 is 5.29. The van der Waals surface area contributed by atoms with Gasteiger partial charge in [-0.05, 0) is 19.4 Å². The Balaban J connectivity index is 1.82. The standard InChI is InChI=1S/C15H29NO2/c1-2-3-4-5-6-7-8-9-12-18-15(17)14-10-11-16-13-14/h14,16H,2-13H2,1H3. The zero-order valence-corrected chi connectivity index (χ0v) is 11.9. The summed E-state index contributed by atoms with van der Waals surface area (Å²) in [5, 5.41) is 3.19. The smallest absolute Gasteiger partial charge is 0.310 e. The van der Waals surface area contributed by atoms with Crippen LogP contribution in [0, 0.1) is 5.92 Å². The third kappa shape index (κ3) is 7.00. The van der Waals surface area contributed by atoms with Crippen molar-refractivity contribution in [2.75, 3.05) is 19.7 Å². The first-order chi connectivity index (χ1) is 8.84. The van der Waals surface area contributed by atoms with Crippen molar-refractivity contribution < 1.29 is 9.53 Å². The highest BCUT2D eigenvalue weighted by Crippen LogP contribution is 2.11. The molecule has 0 saturated carbocycles. The van der Waals surface area contributed by atoms with E-state index in [1.165, 1.54) is 44.9 Å². The van der Waals surface area contributed by atoms with Gasteiger partial charge in [-0.25, -0.2) is 0 Å². The summed E-state index contributed by atoms with van der Waals surface area (Å²) in [6.45, 7) is 4.62. The molecular weight excluding hydrogens is 226 g/mol. The molecule has 1 unspecified atom stereocenters. The van der Waals surface area contributed by atoms with E-state index in [0.717, 1.165) is 25.9 Å². The van der Waals surface area contributed by atoms with Crippen LogP contribution in [-0.4, -0.2) is 25.7 Å². The molecule has 18 heavy (non-hydrogen) atoms. The lowest BCUT2D eigenvalue weighted by molar-refractivity contribution is -0.147. The molecule has 0 aliphatic carbocycles. The molecule has 1 aliphatic rings. The zero-order chi connectivity index (χ0) is 13.1. The molecule has 0 aromatic carbocycles. The van der Waals surface area contributed by atoms with Gasteiger partial charge in [0.05, 0.1) is 12.5 Å². The van der Waals surface area contributed by atoms with Crippen molar-refractivity contribution >= 4 is 5.97 Å². The highest BCUT2D eigenvalue weighted by Gasteiger charge is 2.23. The fourth-order valence-corrected chi connectivity index (χ4v) is 2.38. The number of ether oxygens (including phenoxy) is 1. The van der Waals surface area contributed by atoms with Gasteiger partial charge in [0.25, 0.3) is 0 Å². The van der Waals surface area contributed by atoms with E-state index in [0.29, 0.717) is 6.61 Å². The molecule has 1 N–H and O–H groups in total. The summed E-state index contributed by atoms with van der Waals surface area (Å²) in [6.07, 6.45) is 11.2. The summed E-state index contributed by atoms with van der Waals surface area (Å²) in [5.41, 5.74) is 0. The predicted octanol–water partition coefficient (Wildman–Crippen LogP) is 3.28. The van der Waals surface area contributed by atoms with E-state index in [1.54, 1.807) is 0 Å². The quantitative estimate of drug-likeness (QED) is 0.481. The molecule has 1 rings (SSSR count). The van der Waals surface area contributed by atoms with Crippen LogP contribution in [0.4, 0.5) is 0 Å². The number of carbonyl (C=O) groups excluding carboxylic acids is 1. The molecule has 0 aromatic heterocycles. The Labute approximate surface area is 112 Å². The number of rotatable bonds is 10. The molecule has 1 heterocycles. The fraction of sp³-hybridized carbons (Fsp3) is 0.933. The van der Waals surface area contributed by atoms with Crippen LogP contribution in [0.25, 0.3) is 0 Å². The van der Waals surface area contributed by atoms with Crippen LogP contribution in [-0.2, 0) is 9.53 Å². The average molecular weight is 255 g/mol. The second-order valence-corrected chi connectivity index (χ2v) is 5.33. The second kappa shape index (κ2) is 10.4. The first-order valence-corrected chi connectivity index (χ1v) is 7.72. The minimum Gasteiger partial charge on any atom is -0.465 e. The minimum absolute atomic E-state index is 0.00273. The summed E-state index contributed by atoms with van der Waals surface area (Å²) in [5.74, 6) is 0.113. The van der Waals surface area contributed by atoms with Crippen LogP contribution in [0.15, 0.2) is 0 Å². The molecule has 106 valence electrons. The molecule has 0 spiro atoms. The Morgan fingerprint density at radius 1 is 1.11 bits per heavy atom. The first kappa shape index (κ1) is 15.5. The Morgan fingerprint density at radius 3 is 2.39 bits per heavy atom. The maximum atomic E-state index is 11.6. The molecule has 1 aliphatic heterocycles. The van der Waals surface area contributed by atoms with Gasteiger partial charge < -0.3 is 10.1 Å². The molecule has 0 amide bonds. The van der Waals surface area contributed by atoms with Gasteiger partial charge in [0, 0.05) is 6.54 Å². The van der Waals surface area contributed by atoms with Gasteiger partial charge in [-0.3, -0.25) is 4.79 Å². The van der Waals surface area contributed by atoms with E-state index >= 15 is 0 Å². The lowest BCUT2D eigenvalue weighted by Gasteiger charge is -2.08. The maximum absolute atomic E-state index is 11.6. The van der Waals surface area contributed by atoms with Crippen molar-refractivity contribution in [1.82, 2.24) is 5.32 Å². The van der Waals surface area contributed by atoms with E-state index < -0.39 is 0 Å². The molecule has 1 fully saturated rings. The van der Waals surface area contributed by atoms with E-state index in [-0.39, 0.29) is 11.9 Å². The van der Waals surface area contributed by atoms with Gasteiger partial charge in [0.2, 0.25) is 0 Å². The lowest BCUT2D eigenvalue weighted by atomic mass is 10.1. The van der Waals surface area contributed by atoms with Crippen LogP contribution in [0.2, 0.25) is 0 Å². The fourth-order valence-electron chi connectivity index (χ4n) is 2.38. The SMILES string of the molecule is CCCCCCCCCCOC(=O)C1CCNC1. The number of hydrogen-bond acceptors (Lipinski definition) is 3. The molecule has 0 radical (unpaired) electrons. The van der Waals surface area contributed by atoms with Crippen LogP contribution < -0.4 is 5.32 Å². The molecule has 0 bridgehead atoms. The van der Waals surface area contributed by atoms with Gasteiger partial charge in [-0.1, -0.05) is 51.9 Å². The Hall–Kier alpha value is -0.570. The molecular formula is C15H29NO2.